The second kappa shape index (κ2) is 11.0. The summed E-state index contributed by atoms with van der Waals surface area (Å²) in [6, 6.07) is 18.5. The molecule has 3 aromatic rings. The Kier molecular flexibility index (Phi) is 8.14. The van der Waals surface area contributed by atoms with Crippen molar-refractivity contribution in [2.45, 2.75) is 19.9 Å². The van der Waals surface area contributed by atoms with Crippen LogP contribution in [0.25, 0.3) is 0 Å². The fourth-order valence-corrected chi connectivity index (χ4v) is 3.79. The van der Waals surface area contributed by atoms with E-state index in [9.17, 15) is 4.79 Å². The first-order valence-electron chi connectivity index (χ1n) is 10.5. The molecule has 0 unspecified atom stereocenters. The van der Waals surface area contributed by atoms with E-state index < -0.39 is 0 Å². The molecule has 6 nitrogen and oxygen atoms in total. The molecule has 0 atom stereocenters. The van der Waals surface area contributed by atoms with Crippen LogP contribution in [0.3, 0.4) is 0 Å². The number of nitrogens with zero attached hydrogens (tertiary/aromatic N) is 5. The van der Waals surface area contributed by atoms with E-state index in [1.807, 2.05) is 49.1 Å². The van der Waals surface area contributed by atoms with Crippen LogP contribution in [0.1, 0.15) is 22.5 Å². The Morgan fingerprint density at radius 2 is 1.65 bits per heavy atom. The van der Waals surface area contributed by atoms with Crippen molar-refractivity contribution in [3.63, 3.8) is 0 Å². The Morgan fingerprint density at radius 1 is 0.935 bits per heavy atom. The molecule has 0 spiro atoms. The number of aryl methyl sites for hydroxylation is 1. The van der Waals surface area contributed by atoms with E-state index in [0.29, 0.717) is 19.5 Å². The zero-order valence-electron chi connectivity index (χ0n) is 18.8. The molecule has 0 aliphatic heterocycles. The van der Waals surface area contributed by atoms with Crippen molar-refractivity contribution in [3.8, 4) is 0 Å². The van der Waals surface area contributed by atoms with Gasteiger partial charge < -0.3 is 14.7 Å². The summed E-state index contributed by atoms with van der Waals surface area (Å²) in [5.74, 6) is 0.875. The standard InChI is InChI=1S/C24H31N5OS/c1-19-10-12-20(13-11-19)16-22-25-24(31-26-22)28(4)18-23(30)29(15-14-27(2)3)17-21-8-6-5-7-9-21/h5-13H,14-18H2,1-4H3. The molecule has 0 N–H and O–H groups in total. The minimum Gasteiger partial charge on any atom is -0.341 e. The number of likely N-dealkylation sites (N-methyl/N-ethyl adjacent to an activating group) is 2. The van der Waals surface area contributed by atoms with Gasteiger partial charge >= 0.3 is 0 Å². The maximum atomic E-state index is 13.1. The van der Waals surface area contributed by atoms with E-state index in [1.54, 1.807) is 0 Å². The van der Waals surface area contributed by atoms with Gasteiger partial charge in [-0.25, -0.2) is 4.98 Å². The van der Waals surface area contributed by atoms with E-state index in [4.69, 9.17) is 0 Å². The van der Waals surface area contributed by atoms with Crippen LogP contribution >= 0.6 is 11.5 Å². The van der Waals surface area contributed by atoms with Crippen LogP contribution in [0.2, 0.25) is 0 Å². The molecule has 0 fully saturated rings. The summed E-state index contributed by atoms with van der Waals surface area (Å²) >= 11 is 1.34. The quantitative estimate of drug-likeness (QED) is 0.486. The van der Waals surface area contributed by atoms with Crippen LogP contribution in [0, 0.1) is 6.92 Å². The van der Waals surface area contributed by atoms with Crippen molar-refractivity contribution in [2.75, 3.05) is 45.7 Å². The highest BCUT2D eigenvalue weighted by Crippen LogP contribution is 2.18. The maximum Gasteiger partial charge on any atom is 0.242 e. The van der Waals surface area contributed by atoms with E-state index in [1.165, 1.54) is 22.7 Å². The van der Waals surface area contributed by atoms with Crippen molar-refractivity contribution in [3.05, 3.63) is 77.1 Å². The van der Waals surface area contributed by atoms with Gasteiger partial charge in [0.25, 0.3) is 0 Å². The Morgan fingerprint density at radius 3 is 2.32 bits per heavy atom. The lowest BCUT2D eigenvalue weighted by atomic mass is 10.1. The minimum atomic E-state index is 0.0866. The van der Waals surface area contributed by atoms with Gasteiger partial charge in [-0.05, 0) is 32.1 Å². The van der Waals surface area contributed by atoms with Crippen LogP contribution in [0.15, 0.2) is 54.6 Å². The molecule has 164 valence electrons. The Balaban J connectivity index is 1.62. The molecule has 1 heterocycles. The molecule has 2 aromatic carbocycles. The summed E-state index contributed by atoms with van der Waals surface area (Å²) in [4.78, 5) is 23.7. The van der Waals surface area contributed by atoms with Crippen LogP contribution in [-0.2, 0) is 17.8 Å². The van der Waals surface area contributed by atoms with Gasteiger partial charge in [-0.1, -0.05) is 60.2 Å². The van der Waals surface area contributed by atoms with Crippen molar-refractivity contribution in [1.82, 2.24) is 19.2 Å². The SMILES string of the molecule is Cc1ccc(Cc2nsc(N(C)CC(=O)N(CCN(C)C)Cc3ccccc3)n2)cc1. The molecule has 0 saturated carbocycles. The number of amides is 1. The molecular weight excluding hydrogens is 406 g/mol. The third kappa shape index (κ3) is 7.15. The third-order valence-corrected chi connectivity index (χ3v) is 5.89. The number of aromatic nitrogens is 2. The van der Waals surface area contributed by atoms with Crippen LogP contribution in [0.5, 0.6) is 0 Å². The fraction of sp³-hybridized carbons (Fsp3) is 0.375. The summed E-state index contributed by atoms with van der Waals surface area (Å²) in [5.41, 5.74) is 3.56. The summed E-state index contributed by atoms with van der Waals surface area (Å²) < 4.78 is 4.49. The van der Waals surface area contributed by atoms with E-state index >= 15 is 0 Å². The topological polar surface area (TPSA) is 52.6 Å². The zero-order valence-corrected chi connectivity index (χ0v) is 19.6. The number of rotatable bonds is 10. The highest BCUT2D eigenvalue weighted by Gasteiger charge is 2.18. The molecule has 3 rings (SSSR count). The molecule has 0 radical (unpaired) electrons. The fourth-order valence-electron chi connectivity index (χ4n) is 3.15. The summed E-state index contributed by atoms with van der Waals surface area (Å²) in [6.45, 7) is 4.47. The average Bonchev–Trinajstić information content (AvgIpc) is 3.22. The molecule has 7 heteroatoms. The summed E-state index contributed by atoms with van der Waals surface area (Å²) in [6.07, 6.45) is 0.696. The van der Waals surface area contributed by atoms with Crippen LogP contribution in [0.4, 0.5) is 5.13 Å². The van der Waals surface area contributed by atoms with Gasteiger partial charge in [-0.15, -0.1) is 0 Å². The molecule has 0 aliphatic rings. The van der Waals surface area contributed by atoms with E-state index in [2.05, 4.69) is 57.6 Å². The largest absolute Gasteiger partial charge is 0.341 e. The lowest BCUT2D eigenvalue weighted by Crippen LogP contribution is -2.41. The van der Waals surface area contributed by atoms with Crippen LogP contribution in [-0.4, -0.2) is 65.8 Å². The number of hydrogen-bond acceptors (Lipinski definition) is 6. The molecule has 1 aromatic heterocycles. The zero-order chi connectivity index (χ0) is 22.2. The van der Waals surface area contributed by atoms with E-state index in [0.717, 1.165) is 23.1 Å². The molecule has 31 heavy (non-hydrogen) atoms. The molecule has 0 bridgehead atoms. The smallest absolute Gasteiger partial charge is 0.242 e. The highest BCUT2D eigenvalue weighted by molar-refractivity contribution is 7.09. The first-order valence-corrected chi connectivity index (χ1v) is 11.2. The lowest BCUT2D eigenvalue weighted by Gasteiger charge is -2.26. The van der Waals surface area contributed by atoms with Crippen molar-refractivity contribution >= 4 is 22.6 Å². The first kappa shape index (κ1) is 22.9. The Bertz CT molecular complexity index is 956. The van der Waals surface area contributed by atoms with Crippen LogP contribution < -0.4 is 4.90 Å². The van der Waals surface area contributed by atoms with E-state index in [-0.39, 0.29) is 12.5 Å². The third-order valence-electron chi connectivity index (χ3n) is 5.03. The predicted octanol–water partition coefficient (Wildman–Crippen LogP) is 3.46. The summed E-state index contributed by atoms with van der Waals surface area (Å²) in [5, 5.41) is 0.766. The normalized spacial score (nSPS) is 11.0. The van der Waals surface area contributed by atoms with Gasteiger partial charge in [0.05, 0.1) is 6.54 Å². The monoisotopic (exact) mass is 437 g/mol. The number of hydrogen-bond donors (Lipinski definition) is 0. The Labute approximate surface area is 189 Å². The lowest BCUT2D eigenvalue weighted by molar-refractivity contribution is -0.130. The van der Waals surface area contributed by atoms with Gasteiger partial charge in [0.2, 0.25) is 11.0 Å². The van der Waals surface area contributed by atoms with Gasteiger partial charge in [0, 0.05) is 44.6 Å². The second-order valence-corrected chi connectivity index (χ2v) is 8.85. The van der Waals surface area contributed by atoms with Gasteiger partial charge in [-0.2, -0.15) is 4.37 Å². The van der Waals surface area contributed by atoms with Crippen molar-refractivity contribution in [1.29, 1.82) is 0 Å². The minimum absolute atomic E-state index is 0.0866. The predicted molar refractivity (Wildman–Crippen MR) is 128 cm³/mol. The number of anilines is 1. The number of carbonyl (C=O) groups excluding carboxylic acids is 1. The highest BCUT2D eigenvalue weighted by atomic mass is 32.1. The second-order valence-electron chi connectivity index (χ2n) is 8.12. The average molecular weight is 438 g/mol. The van der Waals surface area contributed by atoms with Gasteiger partial charge in [0.1, 0.15) is 5.82 Å². The summed E-state index contributed by atoms with van der Waals surface area (Å²) in [7, 11) is 5.95. The molecule has 0 aliphatic carbocycles. The maximum absolute atomic E-state index is 13.1. The molecule has 0 saturated heterocycles. The first-order chi connectivity index (χ1) is 14.9. The Hall–Kier alpha value is -2.77. The van der Waals surface area contributed by atoms with Gasteiger partial charge in [0.15, 0.2) is 0 Å². The molecule has 1 amide bonds. The van der Waals surface area contributed by atoms with Crippen molar-refractivity contribution < 1.29 is 4.79 Å². The number of benzene rings is 2. The van der Waals surface area contributed by atoms with Crippen molar-refractivity contribution in [2.24, 2.45) is 0 Å². The van der Waals surface area contributed by atoms with Gasteiger partial charge in [-0.3, -0.25) is 4.79 Å². The number of carbonyl (C=O) groups is 1. The molecular formula is C24H31N5OS.